The molecule has 0 atom stereocenters. The van der Waals surface area contributed by atoms with Crippen LogP contribution in [0.5, 0.6) is 0 Å². The van der Waals surface area contributed by atoms with Gasteiger partial charge in [-0.25, -0.2) is 4.79 Å². The molecule has 0 spiro atoms. The molecule has 30 heavy (non-hydrogen) atoms. The third kappa shape index (κ3) is 3.58. The van der Waals surface area contributed by atoms with E-state index in [1.54, 1.807) is 54.7 Å². The van der Waals surface area contributed by atoms with Crippen LogP contribution in [-0.4, -0.2) is 38.4 Å². The molecule has 4 rings (SSSR count). The number of carbonyl (C=O) groups excluding carboxylic acids is 3. The average Bonchev–Trinajstić information content (AvgIpc) is 3.06. The molecule has 8 heteroatoms. The van der Waals surface area contributed by atoms with Crippen molar-refractivity contribution in [1.82, 2.24) is 14.8 Å². The highest BCUT2D eigenvalue weighted by Crippen LogP contribution is 2.25. The highest BCUT2D eigenvalue weighted by Gasteiger charge is 2.35. The number of aliphatic carboxylic acids is 1. The Morgan fingerprint density at radius 3 is 2.43 bits per heavy atom. The minimum atomic E-state index is -1.01. The summed E-state index contributed by atoms with van der Waals surface area (Å²) in [6.07, 6.45) is 2.97. The number of urea groups is 1. The van der Waals surface area contributed by atoms with Gasteiger partial charge in [0, 0.05) is 22.7 Å². The van der Waals surface area contributed by atoms with Crippen molar-refractivity contribution >= 4 is 40.8 Å². The third-order valence-electron chi connectivity index (χ3n) is 4.79. The molecule has 0 aliphatic carbocycles. The second-order valence-electron chi connectivity index (χ2n) is 6.82. The van der Waals surface area contributed by atoms with Crippen molar-refractivity contribution < 1.29 is 24.3 Å². The van der Waals surface area contributed by atoms with Gasteiger partial charge in [-0.3, -0.25) is 24.6 Å². The maximum atomic E-state index is 13.0. The zero-order chi connectivity index (χ0) is 21.3. The minimum absolute atomic E-state index is 0.0247. The van der Waals surface area contributed by atoms with Gasteiger partial charge in [0.25, 0.3) is 11.8 Å². The van der Waals surface area contributed by atoms with Gasteiger partial charge in [-0.05, 0) is 17.7 Å². The van der Waals surface area contributed by atoms with E-state index >= 15 is 0 Å². The Hall–Kier alpha value is -4.20. The Morgan fingerprint density at radius 2 is 1.70 bits per heavy atom. The summed E-state index contributed by atoms with van der Waals surface area (Å²) >= 11 is 0. The predicted octanol–water partition coefficient (Wildman–Crippen LogP) is 2.39. The summed E-state index contributed by atoms with van der Waals surface area (Å²) in [5, 5.41) is 12.0. The zero-order valence-electron chi connectivity index (χ0n) is 15.7. The second-order valence-corrected chi connectivity index (χ2v) is 6.82. The molecule has 0 saturated carbocycles. The molecule has 1 aliphatic heterocycles. The van der Waals surface area contributed by atoms with Crippen molar-refractivity contribution in [2.75, 3.05) is 0 Å². The van der Waals surface area contributed by atoms with Gasteiger partial charge in [0.05, 0.1) is 6.54 Å². The number of benzene rings is 2. The number of para-hydroxylation sites is 1. The number of carboxylic acid groups (broad SMARTS) is 1. The van der Waals surface area contributed by atoms with Crippen molar-refractivity contribution in [3.05, 3.63) is 77.5 Å². The van der Waals surface area contributed by atoms with Crippen LogP contribution in [0.2, 0.25) is 0 Å². The van der Waals surface area contributed by atoms with E-state index in [9.17, 15) is 19.2 Å². The number of hydrogen-bond acceptors (Lipinski definition) is 4. The fraction of sp³-hybridized carbons (Fsp3) is 0.0909. The topological polar surface area (TPSA) is 109 Å². The molecular formula is C22H17N3O5. The molecule has 1 aliphatic rings. The SMILES string of the molecule is O=C(O)Cn1cc(/C=C2\C(=O)NC(=O)N(Cc3ccccc3)C2=O)c2ccccc21. The average molecular weight is 403 g/mol. The smallest absolute Gasteiger partial charge is 0.331 e. The van der Waals surface area contributed by atoms with Crippen molar-refractivity contribution in [3.63, 3.8) is 0 Å². The van der Waals surface area contributed by atoms with Crippen LogP contribution >= 0.6 is 0 Å². The van der Waals surface area contributed by atoms with E-state index in [1.807, 2.05) is 6.07 Å². The van der Waals surface area contributed by atoms with Crippen LogP contribution < -0.4 is 5.32 Å². The van der Waals surface area contributed by atoms with Crippen LogP contribution in [0.25, 0.3) is 17.0 Å². The summed E-state index contributed by atoms with van der Waals surface area (Å²) < 4.78 is 1.53. The van der Waals surface area contributed by atoms with Crippen LogP contribution in [0, 0.1) is 0 Å². The van der Waals surface area contributed by atoms with Gasteiger partial charge in [-0.1, -0.05) is 48.5 Å². The molecule has 1 fully saturated rings. The number of carbonyl (C=O) groups is 4. The number of aromatic nitrogens is 1. The summed E-state index contributed by atoms with van der Waals surface area (Å²) in [5.41, 5.74) is 1.73. The van der Waals surface area contributed by atoms with Gasteiger partial charge in [0.15, 0.2) is 0 Å². The lowest BCUT2D eigenvalue weighted by Gasteiger charge is -2.26. The van der Waals surface area contributed by atoms with Gasteiger partial charge in [-0.15, -0.1) is 0 Å². The number of carboxylic acids is 1. The lowest BCUT2D eigenvalue weighted by Crippen LogP contribution is -2.53. The van der Waals surface area contributed by atoms with E-state index in [4.69, 9.17) is 5.11 Å². The van der Waals surface area contributed by atoms with Gasteiger partial charge < -0.3 is 9.67 Å². The van der Waals surface area contributed by atoms with Gasteiger partial charge >= 0.3 is 12.0 Å². The summed E-state index contributed by atoms with van der Waals surface area (Å²) in [7, 11) is 0. The molecule has 8 nitrogen and oxygen atoms in total. The number of rotatable bonds is 5. The standard InChI is InChI=1S/C22H17N3O5/c26-19(27)13-24-12-15(16-8-4-5-9-18(16)24)10-17-20(28)23-22(30)25(21(17)29)11-14-6-2-1-3-7-14/h1-10,12H,11,13H2,(H,26,27)(H,23,28,30)/b17-10+. The summed E-state index contributed by atoms with van der Waals surface area (Å²) in [6, 6.07) is 15.3. The second kappa shape index (κ2) is 7.67. The molecule has 3 aromatic rings. The van der Waals surface area contributed by atoms with E-state index in [1.165, 1.54) is 10.6 Å². The fourth-order valence-corrected chi connectivity index (χ4v) is 3.43. The Balaban J connectivity index is 1.73. The Morgan fingerprint density at radius 1 is 1.00 bits per heavy atom. The quantitative estimate of drug-likeness (QED) is 0.502. The number of imide groups is 2. The van der Waals surface area contributed by atoms with E-state index < -0.39 is 23.8 Å². The van der Waals surface area contributed by atoms with E-state index in [0.29, 0.717) is 16.5 Å². The Bertz CT molecular complexity index is 1210. The van der Waals surface area contributed by atoms with Crippen molar-refractivity contribution in [2.45, 2.75) is 13.1 Å². The predicted molar refractivity (Wildman–Crippen MR) is 108 cm³/mol. The number of fused-ring (bicyclic) bond motifs is 1. The minimum Gasteiger partial charge on any atom is -0.480 e. The molecule has 1 aromatic heterocycles. The van der Waals surface area contributed by atoms with Crippen LogP contribution in [0.3, 0.4) is 0 Å². The van der Waals surface area contributed by atoms with Crippen LogP contribution in [0.1, 0.15) is 11.1 Å². The maximum absolute atomic E-state index is 13.0. The molecule has 0 unspecified atom stereocenters. The first kappa shape index (κ1) is 19.1. The first-order valence-corrected chi connectivity index (χ1v) is 9.16. The number of nitrogens with one attached hydrogen (secondary N) is 1. The number of hydrogen-bond donors (Lipinski definition) is 2. The fourth-order valence-electron chi connectivity index (χ4n) is 3.43. The van der Waals surface area contributed by atoms with Crippen LogP contribution in [0.15, 0.2) is 66.4 Å². The highest BCUT2D eigenvalue weighted by molar-refractivity contribution is 6.31. The van der Waals surface area contributed by atoms with E-state index in [0.717, 1.165) is 10.5 Å². The van der Waals surface area contributed by atoms with Crippen LogP contribution in [-0.2, 0) is 27.5 Å². The number of barbiturate groups is 1. The summed E-state index contributed by atoms with van der Waals surface area (Å²) in [6.45, 7) is -0.237. The zero-order valence-corrected chi connectivity index (χ0v) is 15.7. The summed E-state index contributed by atoms with van der Waals surface area (Å²) in [4.78, 5) is 49.7. The van der Waals surface area contributed by atoms with Crippen molar-refractivity contribution in [2.24, 2.45) is 0 Å². The van der Waals surface area contributed by atoms with Crippen molar-refractivity contribution in [1.29, 1.82) is 0 Å². The van der Waals surface area contributed by atoms with Crippen molar-refractivity contribution in [3.8, 4) is 0 Å². The van der Waals surface area contributed by atoms with E-state index in [-0.39, 0.29) is 18.7 Å². The third-order valence-corrected chi connectivity index (χ3v) is 4.79. The molecule has 1 saturated heterocycles. The normalized spacial score (nSPS) is 15.7. The lowest BCUT2D eigenvalue weighted by atomic mass is 10.1. The molecule has 2 N–H and O–H groups in total. The van der Waals surface area contributed by atoms with Gasteiger partial charge in [0.2, 0.25) is 0 Å². The summed E-state index contributed by atoms with van der Waals surface area (Å²) in [5.74, 6) is -2.51. The molecular weight excluding hydrogens is 386 g/mol. The maximum Gasteiger partial charge on any atom is 0.331 e. The molecule has 2 aromatic carbocycles. The van der Waals surface area contributed by atoms with Gasteiger partial charge in [0.1, 0.15) is 12.1 Å². The number of amides is 4. The van der Waals surface area contributed by atoms with E-state index in [2.05, 4.69) is 5.32 Å². The Kier molecular flexibility index (Phi) is 4.89. The highest BCUT2D eigenvalue weighted by atomic mass is 16.4. The van der Waals surface area contributed by atoms with Crippen LogP contribution in [0.4, 0.5) is 4.79 Å². The monoisotopic (exact) mass is 403 g/mol. The first-order valence-electron chi connectivity index (χ1n) is 9.16. The largest absolute Gasteiger partial charge is 0.480 e. The number of nitrogens with zero attached hydrogens (tertiary/aromatic N) is 2. The molecule has 0 bridgehead atoms. The molecule has 2 heterocycles. The van der Waals surface area contributed by atoms with Gasteiger partial charge in [-0.2, -0.15) is 0 Å². The molecule has 0 radical (unpaired) electrons. The molecule has 150 valence electrons. The lowest BCUT2D eigenvalue weighted by molar-refractivity contribution is -0.137. The Labute approximate surface area is 171 Å². The first-order chi connectivity index (χ1) is 14.4. The molecule has 4 amide bonds.